The maximum atomic E-state index is 13.6. The van der Waals surface area contributed by atoms with Gasteiger partial charge in [-0.3, -0.25) is 0 Å². The van der Waals surface area contributed by atoms with E-state index >= 15 is 0 Å². The van der Waals surface area contributed by atoms with Gasteiger partial charge in [0.15, 0.2) is 0 Å². The predicted molar refractivity (Wildman–Crippen MR) is 78.2 cm³/mol. The fourth-order valence-electron chi connectivity index (χ4n) is 3.82. The average Bonchev–Trinajstić information content (AvgIpc) is 3.03. The van der Waals surface area contributed by atoms with E-state index in [0.717, 1.165) is 17.4 Å². The summed E-state index contributed by atoms with van der Waals surface area (Å²) >= 11 is 9.93. The fourth-order valence-corrected chi connectivity index (χ4v) is 4.66. The van der Waals surface area contributed by atoms with Crippen LogP contribution in [0.4, 0.5) is 4.39 Å². The quantitative estimate of drug-likeness (QED) is 0.673. The standard InChI is InChI=1S/C15H17BrClFO/c1-19-14-7-13(18)12(16)6-11(14)15(17)10-5-8-2-3-9(10)4-8/h6-10,15H,2-5H2,1H3. The third-order valence-electron chi connectivity index (χ3n) is 4.74. The topological polar surface area (TPSA) is 9.23 Å². The second kappa shape index (κ2) is 5.25. The van der Waals surface area contributed by atoms with Gasteiger partial charge in [0.25, 0.3) is 0 Å². The van der Waals surface area contributed by atoms with Gasteiger partial charge < -0.3 is 4.74 Å². The first kappa shape index (κ1) is 13.7. The maximum absolute atomic E-state index is 13.6. The van der Waals surface area contributed by atoms with Crippen molar-refractivity contribution in [1.82, 2.24) is 0 Å². The molecule has 4 unspecified atom stereocenters. The van der Waals surface area contributed by atoms with Crippen molar-refractivity contribution in [2.24, 2.45) is 17.8 Å². The first-order valence-electron chi connectivity index (χ1n) is 6.77. The lowest BCUT2D eigenvalue weighted by Gasteiger charge is -2.27. The molecular weight excluding hydrogens is 331 g/mol. The molecule has 4 atom stereocenters. The molecule has 1 aromatic rings. The van der Waals surface area contributed by atoms with Crippen molar-refractivity contribution >= 4 is 27.5 Å². The van der Waals surface area contributed by atoms with Gasteiger partial charge in [-0.05, 0) is 59.0 Å². The zero-order chi connectivity index (χ0) is 13.6. The summed E-state index contributed by atoms with van der Waals surface area (Å²) < 4.78 is 19.3. The third-order valence-corrected chi connectivity index (χ3v) is 5.90. The van der Waals surface area contributed by atoms with Gasteiger partial charge >= 0.3 is 0 Å². The molecule has 0 aromatic heterocycles. The maximum Gasteiger partial charge on any atom is 0.141 e. The first-order chi connectivity index (χ1) is 9.10. The van der Waals surface area contributed by atoms with Crippen LogP contribution in [0.5, 0.6) is 5.75 Å². The van der Waals surface area contributed by atoms with Crippen LogP contribution in [-0.4, -0.2) is 7.11 Å². The molecule has 1 aromatic carbocycles. The molecule has 2 bridgehead atoms. The molecule has 0 amide bonds. The molecule has 3 rings (SSSR count). The molecule has 4 heteroatoms. The SMILES string of the molecule is COc1cc(F)c(Br)cc1C(Cl)C1CC2CCC1C2. The second-order valence-corrected chi connectivity index (χ2v) is 7.07. The summed E-state index contributed by atoms with van der Waals surface area (Å²) in [6, 6.07) is 3.19. The van der Waals surface area contributed by atoms with Gasteiger partial charge in [0.2, 0.25) is 0 Å². The number of methoxy groups -OCH3 is 1. The Morgan fingerprint density at radius 2 is 2.16 bits per heavy atom. The lowest BCUT2D eigenvalue weighted by atomic mass is 9.83. The third kappa shape index (κ3) is 2.40. The Morgan fingerprint density at radius 3 is 2.74 bits per heavy atom. The number of alkyl halides is 1. The van der Waals surface area contributed by atoms with Gasteiger partial charge in [0.1, 0.15) is 11.6 Å². The molecule has 0 saturated heterocycles. The highest BCUT2D eigenvalue weighted by Gasteiger charge is 2.43. The lowest BCUT2D eigenvalue weighted by molar-refractivity contribution is 0.317. The molecule has 0 spiro atoms. The van der Waals surface area contributed by atoms with Crippen LogP contribution in [-0.2, 0) is 0 Å². The number of rotatable bonds is 3. The van der Waals surface area contributed by atoms with Crippen LogP contribution in [0.25, 0.3) is 0 Å². The molecule has 104 valence electrons. The minimum absolute atomic E-state index is 0.0813. The van der Waals surface area contributed by atoms with Crippen LogP contribution in [0.2, 0.25) is 0 Å². The molecule has 0 radical (unpaired) electrons. The van der Waals surface area contributed by atoms with Crippen molar-refractivity contribution in [1.29, 1.82) is 0 Å². The summed E-state index contributed by atoms with van der Waals surface area (Å²) in [5.41, 5.74) is 0.912. The van der Waals surface area contributed by atoms with E-state index in [-0.39, 0.29) is 11.2 Å². The molecule has 2 fully saturated rings. The van der Waals surface area contributed by atoms with Gasteiger partial charge in [-0.1, -0.05) is 6.42 Å². The van der Waals surface area contributed by atoms with E-state index in [0.29, 0.717) is 16.1 Å². The zero-order valence-electron chi connectivity index (χ0n) is 10.8. The molecule has 19 heavy (non-hydrogen) atoms. The first-order valence-corrected chi connectivity index (χ1v) is 8.00. The number of hydrogen-bond donors (Lipinski definition) is 0. The zero-order valence-corrected chi connectivity index (χ0v) is 13.2. The summed E-state index contributed by atoms with van der Waals surface area (Å²) in [5, 5.41) is -0.0813. The molecule has 2 aliphatic rings. The highest BCUT2D eigenvalue weighted by atomic mass is 79.9. The molecule has 0 aliphatic heterocycles. The van der Waals surface area contributed by atoms with Gasteiger partial charge in [-0.25, -0.2) is 4.39 Å². The summed E-state index contributed by atoms with van der Waals surface area (Å²) in [4.78, 5) is 0. The molecule has 1 nitrogen and oxygen atoms in total. The van der Waals surface area contributed by atoms with Crippen LogP contribution >= 0.6 is 27.5 Å². The van der Waals surface area contributed by atoms with E-state index in [1.807, 2.05) is 0 Å². The van der Waals surface area contributed by atoms with E-state index in [1.165, 1.54) is 31.7 Å². The van der Waals surface area contributed by atoms with E-state index in [9.17, 15) is 4.39 Å². The monoisotopic (exact) mass is 346 g/mol. The van der Waals surface area contributed by atoms with Crippen molar-refractivity contribution < 1.29 is 9.13 Å². The molecular formula is C15H17BrClFO. The van der Waals surface area contributed by atoms with E-state index in [1.54, 1.807) is 13.2 Å². The van der Waals surface area contributed by atoms with E-state index in [4.69, 9.17) is 16.3 Å². The number of fused-ring (bicyclic) bond motifs is 2. The molecule has 0 heterocycles. The van der Waals surface area contributed by atoms with Crippen LogP contribution in [0.15, 0.2) is 16.6 Å². The normalized spacial score (nSPS) is 30.6. The smallest absolute Gasteiger partial charge is 0.141 e. The van der Waals surface area contributed by atoms with Crippen LogP contribution in [0.1, 0.15) is 36.6 Å². The summed E-state index contributed by atoms with van der Waals surface area (Å²) in [7, 11) is 1.57. The van der Waals surface area contributed by atoms with E-state index in [2.05, 4.69) is 15.9 Å². The predicted octanol–water partition coefficient (Wildman–Crippen LogP) is 5.31. The fraction of sp³-hybridized carbons (Fsp3) is 0.600. The number of hydrogen-bond acceptors (Lipinski definition) is 1. The van der Waals surface area contributed by atoms with Crippen molar-refractivity contribution in [3.8, 4) is 5.75 Å². The Bertz CT molecular complexity index is 493. The summed E-state index contributed by atoms with van der Waals surface area (Å²) in [6.45, 7) is 0. The van der Waals surface area contributed by atoms with Crippen molar-refractivity contribution in [3.63, 3.8) is 0 Å². The van der Waals surface area contributed by atoms with Crippen molar-refractivity contribution in [3.05, 3.63) is 28.0 Å². The van der Waals surface area contributed by atoms with Gasteiger partial charge in [0, 0.05) is 11.6 Å². The van der Waals surface area contributed by atoms with E-state index < -0.39 is 0 Å². The minimum atomic E-state index is -0.308. The van der Waals surface area contributed by atoms with Crippen LogP contribution in [0, 0.1) is 23.6 Å². The Labute approximate surface area is 126 Å². The van der Waals surface area contributed by atoms with Gasteiger partial charge in [-0.15, -0.1) is 11.6 Å². The van der Waals surface area contributed by atoms with Gasteiger partial charge in [0.05, 0.1) is 17.0 Å². The van der Waals surface area contributed by atoms with Crippen molar-refractivity contribution in [2.45, 2.75) is 31.1 Å². The van der Waals surface area contributed by atoms with Crippen LogP contribution < -0.4 is 4.74 Å². The highest BCUT2D eigenvalue weighted by molar-refractivity contribution is 9.10. The Kier molecular flexibility index (Phi) is 3.78. The number of ether oxygens (including phenoxy) is 1. The molecule has 2 aliphatic carbocycles. The van der Waals surface area contributed by atoms with Gasteiger partial charge in [-0.2, -0.15) is 0 Å². The number of benzene rings is 1. The summed E-state index contributed by atoms with van der Waals surface area (Å²) in [5.74, 6) is 2.35. The highest BCUT2D eigenvalue weighted by Crippen LogP contribution is 2.55. The van der Waals surface area contributed by atoms with Crippen LogP contribution in [0.3, 0.4) is 0 Å². The largest absolute Gasteiger partial charge is 0.496 e. The minimum Gasteiger partial charge on any atom is -0.496 e. The molecule has 2 saturated carbocycles. The van der Waals surface area contributed by atoms with Crippen molar-refractivity contribution in [2.75, 3.05) is 7.11 Å². The average molecular weight is 348 g/mol. The Balaban J connectivity index is 1.90. The number of halogens is 3. The summed E-state index contributed by atoms with van der Waals surface area (Å²) in [6.07, 6.45) is 5.17. The Morgan fingerprint density at radius 1 is 1.37 bits per heavy atom. The second-order valence-electron chi connectivity index (χ2n) is 5.75. The molecule has 0 N–H and O–H groups in total. The lowest BCUT2D eigenvalue weighted by Crippen LogP contribution is -2.16. The Hall–Kier alpha value is -0.280.